The molecule has 2 aliphatic rings. The fourth-order valence-corrected chi connectivity index (χ4v) is 4.84. The zero-order valence-corrected chi connectivity index (χ0v) is 20.4. The first-order valence-corrected chi connectivity index (χ1v) is 12.1. The largest absolute Gasteiger partial charge is 0.341 e. The van der Waals surface area contributed by atoms with Crippen molar-refractivity contribution in [2.75, 3.05) is 11.9 Å². The summed E-state index contributed by atoms with van der Waals surface area (Å²) in [4.78, 5) is 4.67. The Hall–Kier alpha value is -2.84. The van der Waals surface area contributed by atoms with E-state index in [0.29, 0.717) is 15.6 Å². The van der Waals surface area contributed by atoms with Gasteiger partial charge < -0.3 is 16.0 Å². The van der Waals surface area contributed by atoms with Gasteiger partial charge in [-0.3, -0.25) is 10.4 Å². The van der Waals surface area contributed by atoms with E-state index in [0.717, 1.165) is 55.1 Å². The van der Waals surface area contributed by atoms with Gasteiger partial charge in [-0.15, -0.1) is 0 Å². The number of nitrogens with two attached hydrogens (primary N) is 1. The summed E-state index contributed by atoms with van der Waals surface area (Å²) in [5.74, 6) is -0.511. The number of aromatic nitrogens is 2. The molecule has 2 aliphatic heterocycles. The number of nitrogens with zero attached hydrogens (tertiary/aromatic N) is 3. The molecule has 0 bridgehead atoms. The Morgan fingerprint density at radius 2 is 1.97 bits per heavy atom. The molecule has 2 aromatic carbocycles. The Morgan fingerprint density at radius 1 is 1.15 bits per heavy atom. The van der Waals surface area contributed by atoms with E-state index >= 15 is 0 Å². The van der Waals surface area contributed by atoms with Crippen LogP contribution in [0.5, 0.6) is 0 Å². The Kier molecular flexibility index (Phi) is 6.36. The molecule has 34 heavy (non-hydrogen) atoms. The zero-order chi connectivity index (χ0) is 23.7. The quantitative estimate of drug-likeness (QED) is 0.404. The highest BCUT2D eigenvalue weighted by atomic mass is 35.5. The van der Waals surface area contributed by atoms with Gasteiger partial charge in [0.15, 0.2) is 0 Å². The van der Waals surface area contributed by atoms with Crippen LogP contribution in [0.1, 0.15) is 35.6 Å². The SMILES string of the molecule is CCCn1cc(C2=C(Nc3ccc4c(c3)CNCC4)NC(N)(c3cc(Cl)cc(Cl)c3)N=C2)cn1. The van der Waals surface area contributed by atoms with Gasteiger partial charge in [-0.2, -0.15) is 5.10 Å². The molecule has 3 aromatic rings. The smallest absolute Gasteiger partial charge is 0.210 e. The van der Waals surface area contributed by atoms with Crippen LogP contribution in [0.3, 0.4) is 0 Å². The predicted octanol–water partition coefficient (Wildman–Crippen LogP) is 4.47. The van der Waals surface area contributed by atoms with E-state index < -0.39 is 5.79 Å². The first-order valence-electron chi connectivity index (χ1n) is 11.4. The average molecular weight is 496 g/mol. The summed E-state index contributed by atoms with van der Waals surface area (Å²) in [6.45, 7) is 4.84. The molecule has 5 N–H and O–H groups in total. The number of fused-ring (bicyclic) bond motifs is 1. The molecule has 7 nitrogen and oxygen atoms in total. The molecular formula is C25H27Cl2N7. The molecule has 0 fully saturated rings. The molecule has 0 saturated carbocycles. The molecule has 176 valence electrons. The summed E-state index contributed by atoms with van der Waals surface area (Å²) >= 11 is 12.5. The number of allylic oxidation sites excluding steroid dienone is 1. The Bertz CT molecular complexity index is 1260. The number of anilines is 1. The number of aryl methyl sites for hydroxylation is 1. The van der Waals surface area contributed by atoms with E-state index in [1.807, 2.05) is 17.1 Å². The number of nitrogens with one attached hydrogen (secondary N) is 3. The molecule has 0 saturated heterocycles. The third-order valence-electron chi connectivity index (χ3n) is 6.04. The lowest BCUT2D eigenvalue weighted by atomic mass is 10.00. The molecule has 5 rings (SSSR count). The van der Waals surface area contributed by atoms with E-state index in [-0.39, 0.29) is 0 Å². The number of hydrogen-bond acceptors (Lipinski definition) is 6. The average Bonchev–Trinajstić information content (AvgIpc) is 3.27. The number of benzene rings is 2. The molecule has 0 aliphatic carbocycles. The van der Waals surface area contributed by atoms with E-state index in [1.54, 1.807) is 24.4 Å². The van der Waals surface area contributed by atoms with Crippen LogP contribution in [-0.4, -0.2) is 22.5 Å². The first kappa shape index (κ1) is 22.9. The van der Waals surface area contributed by atoms with Gasteiger partial charge in [-0.05, 0) is 60.8 Å². The minimum atomic E-state index is -1.24. The number of aliphatic imine (C=N–C) groups is 1. The highest BCUT2D eigenvalue weighted by molar-refractivity contribution is 6.34. The third kappa shape index (κ3) is 4.70. The molecule has 9 heteroatoms. The summed E-state index contributed by atoms with van der Waals surface area (Å²) in [6, 6.07) is 11.7. The van der Waals surface area contributed by atoms with Gasteiger partial charge in [0.25, 0.3) is 0 Å². The van der Waals surface area contributed by atoms with Crippen LogP contribution in [0.4, 0.5) is 5.69 Å². The Balaban J connectivity index is 1.53. The highest BCUT2D eigenvalue weighted by Gasteiger charge is 2.32. The lowest BCUT2D eigenvalue weighted by molar-refractivity contribution is 0.400. The predicted molar refractivity (Wildman–Crippen MR) is 139 cm³/mol. The zero-order valence-electron chi connectivity index (χ0n) is 18.9. The molecule has 0 radical (unpaired) electrons. The van der Waals surface area contributed by atoms with Gasteiger partial charge in [0.05, 0.1) is 6.20 Å². The minimum Gasteiger partial charge on any atom is -0.341 e. The minimum absolute atomic E-state index is 0.497. The number of halogens is 2. The monoisotopic (exact) mass is 495 g/mol. The van der Waals surface area contributed by atoms with Crippen molar-refractivity contribution in [3.8, 4) is 0 Å². The summed E-state index contributed by atoms with van der Waals surface area (Å²) in [6.07, 6.45) is 7.68. The van der Waals surface area contributed by atoms with Crippen molar-refractivity contribution in [1.29, 1.82) is 0 Å². The maximum absolute atomic E-state index is 6.73. The molecular weight excluding hydrogens is 469 g/mol. The second-order valence-corrected chi connectivity index (χ2v) is 9.50. The second kappa shape index (κ2) is 9.43. The van der Waals surface area contributed by atoms with Crippen molar-refractivity contribution in [3.05, 3.63) is 86.9 Å². The Labute approximate surface area is 209 Å². The van der Waals surface area contributed by atoms with Crippen molar-refractivity contribution >= 4 is 40.7 Å². The van der Waals surface area contributed by atoms with Crippen LogP contribution in [-0.2, 0) is 25.3 Å². The normalized spacial score (nSPS) is 19.6. The van der Waals surface area contributed by atoms with E-state index in [9.17, 15) is 0 Å². The molecule has 0 amide bonds. The highest BCUT2D eigenvalue weighted by Crippen LogP contribution is 2.31. The van der Waals surface area contributed by atoms with E-state index in [1.165, 1.54) is 11.1 Å². The first-order chi connectivity index (χ1) is 16.4. The van der Waals surface area contributed by atoms with Crippen LogP contribution in [0.15, 0.2) is 59.6 Å². The standard InChI is InChI=1S/C25H27Cl2N7/c1-2-7-34-15-18(13-31-34)23-14-30-25(28,19-9-20(26)11-21(27)10-19)33-24(23)32-22-4-3-16-5-6-29-12-17(16)8-22/h3-4,8-11,13-15,29,32-33H,2,5-7,12,28H2,1H3. The van der Waals surface area contributed by atoms with Gasteiger partial charge in [0, 0.05) is 57.9 Å². The van der Waals surface area contributed by atoms with Crippen molar-refractivity contribution in [3.63, 3.8) is 0 Å². The van der Waals surface area contributed by atoms with Gasteiger partial charge in [0.2, 0.25) is 5.79 Å². The Morgan fingerprint density at radius 3 is 2.76 bits per heavy atom. The summed E-state index contributed by atoms with van der Waals surface area (Å²) in [7, 11) is 0. The van der Waals surface area contributed by atoms with E-state index in [4.69, 9.17) is 28.9 Å². The maximum Gasteiger partial charge on any atom is 0.210 e. The molecule has 1 atom stereocenters. The van der Waals surface area contributed by atoms with Crippen LogP contribution in [0.25, 0.3) is 5.57 Å². The topological polar surface area (TPSA) is 92.3 Å². The van der Waals surface area contributed by atoms with Gasteiger partial charge in [-0.25, -0.2) is 4.99 Å². The lowest BCUT2D eigenvalue weighted by Gasteiger charge is -2.34. The summed E-state index contributed by atoms with van der Waals surface area (Å²) in [5.41, 5.74) is 12.8. The van der Waals surface area contributed by atoms with Crippen molar-refractivity contribution < 1.29 is 0 Å². The molecule has 3 heterocycles. The molecule has 1 aromatic heterocycles. The van der Waals surface area contributed by atoms with Gasteiger partial charge in [-0.1, -0.05) is 36.2 Å². The van der Waals surface area contributed by atoms with Crippen LogP contribution < -0.4 is 21.7 Å². The number of hydrogen-bond donors (Lipinski definition) is 4. The van der Waals surface area contributed by atoms with Crippen LogP contribution in [0, 0.1) is 0 Å². The summed E-state index contributed by atoms with van der Waals surface area (Å²) in [5, 5.41) is 15.9. The van der Waals surface area contributed by atoms with Crippen molar-refractivity contribution in [2.24, 2.45) is 10.7 Å². The second-order valence-electron chi connectivity index (χ2n) is 8.62. The fourth-order valence-electron chi connectivity index (χ4n) is 4.32. The van der Waals surface area contributed by atoms with E-state index in [2.05, 4.69) is 51.2 Å². The van der Waals surface area contributed by atoms with Crippen LogP contribution >= 0.6 is 23.2 Å². The molecule has 0 spiro atoms. The van der Waals surface area contributed by atoms with Gasteiger partial charge >= 0.3 is 0 Å². The van der Waals surface area contributed by atoms with Crippen molar-refractivity contribution in [2.45, 2.75) is 38.6 Å². The maximum atomic E-state index is 6.73. The summed E-state index contributed by atoms with van der Waals surface area (Å²) < 4.78 is 1.93. The lowest BCUT2D eigenvalue weighted by Crippen LogP contribution is -2.51. The van der Waals surface area contributed by atoms with Crippen LogP contribution in [0.2, 0.25) is 10.0 Å². The molecule has 1 unspecified atom stereocenters. The third-order valence-corrected chi connectivity index (χ3v) is 6.48. The number of rotatable bonds is 6. The fraction of sp³-hybridized carbons (Fsp3) is 0.280. The van der Waals surface area contributed by atoms with Crippen molar-refractivity contribution in [1.82, 2.24) is 20.4 Å². The van der Waals surface area contributed by atoms with Gasteiger partial charge in [0.1, 0.15) is 5.82 Å².